The van der Waals surface area contributed by atoms with E-state index in [0.29, 0.717) is 17.5 Å². The SMILES string of the molecule is O=S1(=O)CCC(C(CNC2CC2)Cc2cccc(F)c2)C1. The summed E-state index contributed by atoms with van der Waals surface area (Å²) in [6.45, 7) is 0.835. The fourth-order valence-electron chi connectivity index (χ4n) is 3.17. The fourth-order valence-corrected chi connectivity index (χ4v) is 5.09. The predicted molar refractivity (Wildman–Crippen MR) is 81.4 cm³/mol. The van der Waals surface area contributed by atoms with Crippen molar-refractivity contribution in [1.29, 1.82) is 0 Å². The van der Waals surface area contributed by atoms with Gasteiger partial charge in [0.25, 0.3) is 0 Å². The first kappa shape index (κ1) is 15.0. The van der Waals surface area contributed by atoms with Crippen molar-refractivity contribution < 1.29 is 12.8 Å². The van der Waals surface area contributed by atoms with Crippen molar-refractivity contribution in [1.82, 2.24) is 5.32 Å². The molecule has 1 N–H and O–H groups in total. The van der Waals surface area contributed by atoms with E-state index in [1.807, 2.05) is 6.07 Å². The number of halogens is 1. The lowest BCUT2D eigenvalue weighted by Gasteiger charge is -2.23. The molecule has 116 valence electrons. The summed E-state index contributed by atoms with van der Waals surface area (Å²) in [6, 6.07) is 7.27. The maximum Gasteiger partial charge on any atom is 0.150 e. The Hall–Kier alpha value is -0.940. The van der Waals surface area contributed by atoms with Crippen molar-refractivity contribution in [3.63, 3.8) is 0 Å². The molecule has 1 aliphatic heterocycles. The van der Waals surface area contributed by atoms with Crippen molar-refractivity contribution >= 4 is 9.84 Å². The van der Waals surface area contributed by atoms with Crippen molar-refractivity contribution in [3.05, 3.63) is 35.6 Å². The third-order valence-electron chi connectivity index (χ3n) is 4.57. The zero-order valence-corrected chi connectivity index (χ0v) is 12.9. The highest BCUT2D eigenvalue weighted by Crippen LogP contribution is 2.29. The summed E-state index contributed by atoms with van der Waals surface area (Å²) in [5.41, 5.74) is 0.960. The van der Waals surface area contributed by atoms with Crippen molar-refractivity contribution in [2.24, 2.45) is 11.8 Å². The second-order valence-corrected chi connectivity index (χ2v) is 8.67. The smallest absolute Gasteiger partial charge is 0.150 e. The molecular weight excluding hydrogens is 289 g/mol. The molecule has 2 atom stereocenters. The number of hydrogen-bond donors (Lipinski definition) is 1. The highest BCUT2D eigenvalue weighted by Gasteiger charge is 2.34. The zero-order chi connectivity index (χ0) is 14.9. The molecule has 5 heteroatoms. The van der Waals surface area contributed by atoms with Crippen LogP contribution in [0.4, 0.5) is 4.39 Å². The number of nitrogens with one attached hydrogen (secondary N) is 1. The van der Waals surface area contributed by atoms with Gasteiger partial charge in [0.1, 0.15) is 5.82 Å². The summed E-state index contributed by atoms with van der Waals surface area (Å²) in [5.74, 6) is 0.842. The molecule has 1 aromatic rings. The van der Waals surface area contributed by atoms with Gasteiger partial charge in [-0.15, -0.1) is 0 Å². The molecule has 2 fully saturated rings. The second kappa shape index (κ2) is 6.05. The summed E-state index contributed by atoms with van der Waals surface area (Å²) in [7, 11) is -2.87. The average molecular weight is 311 g/mol. The number of hydrogen-bond acceptors (Lipinski definition) is 3. The Balaban J connectivity index is 1.68. The van der Waals surface area contributed by atoms with E-state index in [-0.39, 0.29) is 17.7 Å². The largest absolute Gasteiger partial charge is 0.314 e. The van der Waals surface area contributed by atoms with Gasteiger partial charge in [0.15, 0.2) is 9.84 Å². The third kappa shape index (κ3) is 4.27. The number of sulfone groups is 1. The number of rotatable bonds is 6. The molecule has 1 heterocycles. The molecule has 0 spiro atoms. The van der Waals surface area contributed by atoms with Crippen LogP contribution in [-0.4, -0.2) is 32.5 Å². The van der Waals surface area contributed by atoms with Gasteiger partial charge in [-0.25, -0.2) is 12.8 Å². The first-order valence-corrected chi connectivity index (χ1v) is 9.52. The molecule has 0 bridgehead atoms. The molecule has 3 nitrogen and oxygen atoms in total. The monoisotopic (exact) mass is 311 g/mol. The minimum atomic E-state index is -2.87. The van der Waals surface area contributed by atoms with Gasteiger partial charge in [-0.2, -0.15) is 0 Å². The lowest BCUT2D eigenvalue weighted by atomic mass is 9.86. The predicted octanol–water partition coefficient (Wildman–Crippen LogP) is 2.17. The summed E-state index contributed by atoms with van der Waals surface area (Å²) in [5, 5.41) is 3.51. The van der Waals surface area contributed by atoms with E-state index in [1.165, 1.54) is 18.9 Å². The van der Waals surface area contributed by atoms with Crippen LogP contribution >= 0.6 is 0 Å². The third-order valence-corrected chi connectivity index (χ3v) is 6.36. The molecule has 3 rings (SSSR count). The Morgan fingerprint density at radius 1 is 1.29 bits per heavy atom. The second-order valence-electron chi connectivity index (χ2n) is 6.44. The van der Waals surface area contributed by atoms with Crippen LogP contribution in [0, 0.1) is 17.7 Å². The standard InChI is InChI=1S/C16H22FNO2S/c17-15-3-1-2-12(9-15)8-14(10-18-16-4-5-16)13-6-7-21(19,20)11-13/h1-3,9,13-14,16,18H,4-8,10-11H2. The van der Waals surface area contributed by atoms with Crippen LogP contribution in [0.3, 0.4) is 0 Å². The average Bonchev–Trinajstić information content (AvgIpc) is 3.17. The van der Waals surface area contributed by atoms with Gasteiger partial charge in [-0.1, -0.05) is 12.1 Å². The molecule has 1 aliphatic carbocycles. The first-order chi connectivity index (χ1) is 10.0. The molecule has 1 aromatic carbocycles. The summed E-state index contributed by atoms with van der Waals surface area (Å²) in [4.78, 5) is 0. The molecule has 1 saturated carbocycles. The Morgan fingerprint density at radius 3 is 2.71 bits per heavy atom. The van der Waals surface area contributed by atoms with Crippen LogP contribution < -0.4 is 5.32 Å². The van der Waals surface area contributed by atoms with E-state index < -0.39 is 9.84 Å². The fraction of sp³-hybridized carbons (Fsp3) is 0.625. The van der Waals surface area contributed by atoms with E-state index in [1.54, 1.807) is 12.1 Å². The van der Waals surface area contributed by atoms with Gasteiger partial charge in [-0.3, -0.25) is 0 Å². The Kier molecular flexibility index (Phi) is 4.31. The topological polar surface area (TPSA) is 46.2 Å². The molecule has 2 aliphatic rings. The van der Waals surface area contributed by atoms with Crippen molar-refractivity contribution in [2.75, 3.05) is 18.1 Å². The van der Waals surface area contributed by atoms with E-state index >= 15 is 0 Å². The lowest BCUT2D eigenvalue weighted by molar-refractivity contribution is 0.342. The van der Waals surface area contributed by atoms with Crippen LogP contribution in [0.25, 0.3) is 0 Å². The lowest BCUT2D eigenvalue weighted by Crippen LogP contribution is -2.31. The normalized spacial score (nSPS) is 25.9. The van der Waals surface area contributed by atoms with Crippen LogP contribution in [0.5, 0.6) is 0 Å². The maximum atomic E-state index is 13.3. The minimum Gasteiger partial charge on any atom is -0.314 e. The zero-order valence-electron chi connectivity index (χ0n) is 12.1. The van der Waals surface area contributed by atoms with Gasteiger partial charge in [0, 0.05) is 6.04 Å². The van der Waals surface area contributed by atoms with Gasteiger partial charge in [-0.05, 0) is 61.8 Å². The van der Waals surface area contributed by atoms with E-state index in [2.05, 4.69) is 5.32 Å². The van der Waals surface area contributed by atoms with E-state index in [9.17, 15) is 12.8 Å². The highest BCUT2D eigenvalue weighted by molar-refractivity contribution is 7.91. The molecule has 0 amide bonds. The number of benzene rings is 1. The molecule has 21 heavy (non-hydrogen) atoms. The van der Waals surface area contributed by atoms with Crippen LogP contribution in [0.2, 0.25) is 0 Å². The van der Waals surface area contributed by atoms with Gasteiger partial charge in [0.05, 0.1) is 11.5 Å². The van der Waals surface area contributed by atoms with E-state index in [0.717, 1.165) is 24.9 Å². The van der Waals surface area contributed by atoms with Gasteiger partial charge < -0.3 is 5.32 Å². The Bertz CT molecular complexity index is 598. The maximum absolute atomic E-state index is 13.3. The Morgan fingerprint density at radius 2 is 2.10 bits per heavy atom. The molecule has 0 aromatic heterocycles. The van der Waals surface area contributed by atoms with Crippen LogP contribution in [0.1, 0.15) is 24.8 Å². The van der Waals surface area contributed by atoms with Gasteiger partial charge in [0.2, 0.25) is 0 Å². The highest BCUT2D eigenvalue weighted by atomic mass is 32.2. The molecular formula is C16H22FNO2S. The van der Waals surface area contributed by atoms with Crippen molar-refractivity contribution in [2.45, 2.75) is 31.7 Å². The van der Waals surface area contributed by atoms with E-state index in [4.69, 9.17) is 0 Å². The minimum absolute atomic E-state index is 0.199. The summed E-state index contributed by atoms with van der Waals surface area (Å²) >= 11 is 0. The van der Waals surface area contributed by atoms with Crippen LogP contribution in [-0.2, 0) is 16.3 Å². The Labute approximate surface area is 125 Å². The van der Waals surface area contributed by atoms with Gasteiger partial charge >= 0.3 is 0 Å². The molecule has 1 saturated heterocycles. The molecule has 2 unspecified atom stereocenters. The quantitative estimate of drug-likeness (QED) is 0.876. The first-order valence-electron chi connectivity index (χ1n) is 7.70. The van der Waals surface area contributed by atoms with Crippen LogP contribution in [0.15, 0.2) is 24.3 Å². The van der Waals surface area contributed by atoms with Crippen molar-refractivity contribution in [3.8, 4) is 0 Å². The molecule has 0 radical (unpaired) electrons. The summed E-state index contributed by atoms with van der Waals surface area (Å²) in [6.07, 6.45) is 3.93. The summed E-state index contributed by atoms with van der Waals surface area (Å²) < 4.78 is 36.8.